The van der Waals surface area contributed by atoms with Gasteiger partial charge in [-0.3, -0.25) is 0 Å². The van der Waals surface area contributed by atoms with Gasteiger partial charge in [-0.2, -0.15) is 0 Å². The van der Waals surface area contributed by atoms with E-state index in [0.717, 1.165) is 30.9 Å². The molecule has 2 atom stereocenters. The van der Waals surface area contributed by atoms with Gasteiger partial charge < -0.3 is 10.1 Å². The van der Waals surface area contributed by atoms with Crippen LogP contribution in [0.3, 0.4) is 0 Å². The molecule has 1 aliphatic heterocycles. The fourth-order valence-electron chi connectivity index (χ4n) is 2.40. The van der Waals surface area contributed by atoms with Crippen molar-refractivity contribution < 1.29 is 4.74 Å². The summed E-state index contributed by atoms with van der Waals surface area (Å²) in [5.41, 5.74) is 0. The maximum absolute atomic E-state index is 6.17. The van der Waals surface area contributed by atoms with Crippen LogP contribution in [0.4, 0.5) is 0 Å². The molecule has 2 nitrogen and oxygen atoms in total. The molecule has 1 aromatic carbocycles. The fraction of sp³-hybridized carbons (Fsp3) is 0.500. The molecular formula is C16H23NOS. The summed E-state index contributed by atoms with van der Waals surface area (Å²) in [4.78, 5) is 1.26. The van der Waals surface area contributed by atoms with Crippen LogP contribution in [0.2, 0.25) is 0 Å². The zero-order valence-corrected chi connectivity index (χ0v) is 12.4. The number of rotatable bonds is 7. The first-order valence-electron chi connectivity index (χ1n) is 7.08. The van der Waals surface area contributed by atoms with Crippen LogP contribution in [-0.4, -0.2) is 24.4 Å². The van der Waals surface area contributed by atoms with Crippen molar-refractivity contribution in [2.24, 2.45) is 0 Å². The van der Waals surface area contributed by atoms with E-state index in [1.54, 1.807) is 0 Å². The van der Waals surface area contributed by atoms with E-state index in [-0.39, 0.29) is 6.10 Å². The number of unbranched alkanes of at least 4 members (excludes halogenated alkanes) is 1. The van der Waals surface area contributed by atoms with Crippen LogP contribution in [0.15, 0.2) is 41.8 Å². The van der Waals surface area contributed by atoms with Crippen molar-refractivity contribution in [1.82, 2.24) is 5.32 Å². The summed E-state index contributed by atoms with van der Waals surface area (Å²) < 4.78 is 6.17. The number of hydrogen-bond acceptors (Lipinski definition) is 3. The quantitative estimate of drug-likeness (QED) is 0.604. The Balaban J connectivity index is 1.97. The van der Waals surface area contributed by atoms with Gasteiger partial charge in [0.2, 0.25) is 0 Å². The van der Waals surface area contributed by atoms with E-state index in [1.165, 1.54) is 11.3 Å². The van der Waals surface area contributed by atoms with Crippen LogP contribution in [-0.2, 0) is 0 Å². The first kappa shape index (κ1) is 14.5. The highest BCUT2D eigenvalue weighted by Gasteiger charge is 2.27. The third-order valence-corrected chi connectivity index (χ3v) is 4.51. The van der Waals surface area contributed by atoms with Gasteiger partial charge in [-0.25, -0.2) is 0 Å². The average molecular weight is 277 g/mol. The molecule has 0 amide bonds. The van der Waals surface area contributed by atoms with Gasteiger partial charge in [0.15, 0.2) is 0 Å². The molecule has 0 saturated heterocycles. The van der Waals surface area contributed by atoms with Crippen LogP contribution in [0.1, 0.15) is 26.2 Å². The number of fused-ring (bicyclic) bond motifs is 1. The standard InChI is InChI=1S/C16H23NOS/c1-3-5-6-9-13(17-4-2)15-12-19-16-11-8-7-10-14(16)18-15/h3,7-8,10-11,13,15,17H,1,4-6,9,12H2,2H3. The second kappa shape index (κ2) is 7.61. The summed E-state index contributed by atoms with van der Waals surface area (Å²) in [6.07, 6.45) is 5.66. The van der Waals surface area contributed by atoms with Crippen LogP contribution >= 0.6 is 11.8 Å². The predicted molar refractivity (Wildman–Crippen MR) is 83.1 cm³/mol. The Morgan fingerprint density at radius 1 is 1.53 bits per heavy atom. The second-order valence-electron chi connectivity index (χ2n) is 4.80. The third-order valence-electron chi connectivity index (χ3n) is 3.37. The molecule has 0 spiro atoms. The summed E-state index contributed by atoms with van der Waals surface area (Å²) in [5, 5.41) is 3.57. The SMILES string of the molecule is C=CCCCC(NCC)C1CSc2ccccc2O1. The Morgan fingerprint density at radius 2 is 2.37 bits per heavy atom. The highest BCUT2D eigenvalue weighted by atomic mass is 32.2. The summed E-state index contributed by atoms with van der Waals surface area (Å²) in [7, 11) is 0. The van der Waals surface area contributed by atoms with E-state index in [4.69, 9.17) is 4.74 Å². The summed E-state index contributed by atoms with van der Waals surface area (Å²) in [6.45, 7) is 6.94. The molecule has 0 radical (unpaired) electrons. The van der Waals surface area contributed by atoms with E-state index in [2.05, 4.69) is 37.0 Å². The van der Waals surface area contributed by atoms with Crippen molar-refractivity contribution in [2.45, 2.75) is 43.2 Å². The number of para-hydroxylation sites is 1. The largest absolute Gasteiger partial charge is 0.487 e. The number of hydrogen-bond donors (Lipinski definition) is 1. The molecule has 1 heterocycles. The number of ether oxygens (including phenoxy) is 1. The van der Waals surface area contributed by atoms with Gasteiger partial charge in [-0.15, -0.1) is 18.3 Å². The van der Waals surface area contributed by atoms with Gasteiger partial charge in [0.05, 0.1) is 0 Å². The first-order chi connectivity index (χ1) is 9.35. The Kier molecular flexibility index (Phi) is 5.80. The lowest BCUT2D eigenvalue weighted by Gasteiger charge is -2.32. The summed E-state index contributed by atoms with van der Waals surface area (Å²) >= 11 is 1.91. The smallest absolute Gasteiger partial charge is 0.133 e. The molecule has 2 rings (SSSR count). The van der Waals surface area contributed by atoms with E-state index >= 15 is 0 Å². The van der Waals surface area contributed by atoms with Crippen LogP contribution in [0.5, 0.6) is 5.75 Å². The van der Waals surface area contributed by atoms with Crippen molar-refractivity contribution in [3.8, 4) is 5.75 Å². The average Bonchev–Trinajstić information content (AvgIpc) is 2.46. The van der Waals surface area contributed by atoms with Crippen molar-refractivity contribution >= 4 is 11.8 Å². The molecule has 0 bridgehead atoms. The maximum Gasteiger partial charge on any atom is 0.133 e. The monoisotopic (exact) mass is 277 g/mol. The lowest BCUT2D eigenvalue weighted by Crippen LogP contribution is -2.45. The minimum Gasteiger partial charge on any atom is -0.487 e. The second-order valence-corrected chi connectivity index (χ2v) is 5.86. The molecule has 2 unspecified atom stereocenters. The molecule has 1 aliphatic rings. The van der Waals surface area contributed by atoms with E-state index < -0.39 is 0 Å². The Labute approximate surface area is 120 Å². The van der Waals surface area contributed by atoms with Gasteiger partial charge in [0.25, 0.3) is 0 Å². The van der Waals surface area contributed by atoms with E-state index in [1.807, 2.05) is 23.9 Å². The molecule has 19 heavy (non-hydrogen) atoms. The van der Waals surface area contributed by atoms with Gasteiger partial charge >= 0.3 is 0 Å². The minimum atomic E-state index is 0.268. The predicted octanol–water partition coefficient (Wildman–Crippen LogP) is 3.87. The number of thioether (sulfide) groups is 1. The molecule has 104 valence electrons. The number of allylic oxidation sites excluding steroid dienone is 1. The highest BCUT2D eigenvalue weighted by Crippen LogP contribution is 2.36. The van der Waals surface area contributed by atoms with Crippen LogP contribution in [0, 0.1) is 0 Å². The lowest BCUT2D eigenvalue weighted by molar-refractivity contribution is 0.160. The molecule has 0 aromatic heterocycles. The van der Waals surface area contributed by atoms with Crippen molar-refractivity contribution in [3.05, 3.63) is 36.9 Å². The normalized spacial score (nSPS) is 19.3. The van der Waals surface area contributed by atoms with Gasteiger partial charge in [-0.1, -0.05) is 25.1 Å². The number of nitrogens with one attached hydrogen (secondary N) is 1. The summed E-state index contributed by atoms with van der Waals surface area (Å²) in [6, 6.07) is 8.76. The molecule has 1 aromatic rings. The van der Waals surface area contributed by atoms with Crippen molar-refractivity contribution in [3.63, 3.8) is 0 Å². The number of benzene rings is 1. The van der Waals surface area contributed by atoms with Crippen molar-refractivity contribution in [2.75, 3.05) is 12.3 Å². The fourth-order valence-corrected chi connectivity index (χ4v) is 3.48. The van der Waals surface area contributed by atoms with E-state index in [9.17, 15) is 0 Å². The molecule has 1 N–H and O–H groups in total. The Morgan fingerprint density at radius 3 is 3.16 bits per heavy atom. The molecular weight excluding hydrogens is 254 g/mol. The van der Waals surface area contributed by atoms with Crippen LogP contribution in [0.25, 0.3) is 0 Å². The first-order valence-corrected chi connectivity index (χ1v) is 8.06. The zero-order chi connectivity index (χ0) is 13.5. The Bertz CT molecular complexity index is 407. The zero-order valence-electron chi connectivity index (χ0n) is 11.6. The van der Waals surface area contributed by atoms with Crippen LogP contribution < -0.4 is 10.1 Å². The van der Waals surface area contributed by atoms with Gasteiger partial charge in [-0.05, 0) is 37.9 Å². The molecule has 0 saturated carbocycles. The topological polar surface area (TPSA) is 21.3 Å². The van der Waals surface area contributed by atoms with E-state index in [0.29, 0.717) is 6.04 Å². The molecule has 0 fully saturated rings. The molecule has 3 heteroatoms. The van der Waals surface area contributed by atoms with Gasteiger partial charge in [0, 0.05) is 16.7 Å². The highest BCUT2D eigenvalue weighted by molar-refractivity contribution is 7.99. The summed E-state index contributed by atoms with van der Waals surface area (Å²) in [5.74, 6) is 2.07. The maximum atomic E-state index is 6.17. The lowest BCUT2D eigenvalue weighted by atomic mass is 10.0. The third kappa shape index (κ3) is 4.02. The van der Waals surface area contributed by atoms with Crippen molar-refractivity contribution in [1.29, 1.82) is 0 Å². The van der Waals surface area contributed by atoms with Gasteiger partial charge in [0.1, 0.15) is 11.9 Å². The Hall–Kier alpha value is -0.930. The minimum absolute atomic E-state index is 0.268. The molecule has 0 aliphatic carbocycles. The number of likely N-dealkylation sites (N-methyl/N-ethyl adjacent to an activating group) is 1.